The fourth-order valence-electron chi connectivity index (χ4n) is 3.85. The molecule has 2 aliphatic heterocycles. The van der Waals surface area contributed by atoms with E-state index in [4.69, 9.17) is 9.47 Å². The lowest BCUT2D eigenvalue weighted by molar-refractivity contribution is -0.139. The lowest BCUT2D eigenvalue weighted by Gasteiger charge is -2.32. The Hall–Kier alpha value is -2.58. The summed E-state index contributed by atoms with van der Waals surface area (Å²) >= 11 is 0. The number of nitrogens with zero attached hydrogens (tertiary/aromatic N) is 2. The predicted molar refractivity (Wildman–Crippen MR) is 114 cm³/mol. The largest absolute Gasteiger partial charge is 0.494 e. The van der Waals surface area contributed by atoms with Crippen molar-refractivity contribution in [3.05, 3.63) is 41.1 Å². The number of hydrogen-bond acceptors (Lipinski definition) is 6. The van der Waals surface area contributed by atoms with Gasteiger partial charge in [-0.2, -0.15) is 0 Å². The van der Waals surface area contributed by atoms with Crippen LogP contribution in [-0.2, 0) is 9.53 Å². The number of carbonyl (C=O) groups is 2. The maximum Gasteiger partial charge on any atom is 0.338 e. The molecule has 0 saturated carbocycles. The van der Waals surface area contributed by atoms with E-state index in [0.29, 0.717) is 24.4 Å². The van der Waals surface area contributed by atoms with Crippen molar-refractivity contribution in [3.8, 4) is 5.75 Å². The molecule has 2 aliphatic rings. The summed E-state index contributed by atoms with van der Waals surface area (Å²) in [5.74, 6) is 0.336. The minimum absolute atomic E-state index is 0.272. The van der Waals surface area contributed by atoms with Gasteiger partial charge in [-0.05, 0) is 58.1 Å². The van der Waals surface area contributed by atoms with Gasteiger partial charge in [0.05, 0.1) is 24.8 Å². The highest BCUT2D eigenvalue weighted by molar-refractivity contribution is 5.95. The van der Waals surface area contributed by atoms with Crippen LogP contribution in [0.2, 0.25) is 0 Å². The van der Waals surface area contributed by atoms with Crippen LogP contribution in [0.5, 0.6) is 5.75 Å². The van der Waals surface area contributed by atoms with E-state index >= 15 is 0 Å². The average Bonchev–Trinajstić information content (AvgIpc) is 2.92. The number of benzene rings is 1. The fourth-order valence-corrected chi connectivity index (χ4v) is 3.85. The molecule has 3 rings (SSSR count). The highest BCUT2D eigenvalue weighted by Gasteiger charge is 2.34. The van der Waals surface area contributed by atoms with Crippen LogP contribution in [0.1, 0.15) is 31.9 Å². The molecular weight excluding hydrogens is 384 g/mol. The number of nitrogens with one attached hydrogen (secondary N) is 2. The van der Waals surface area contributed by atoms with E-state index in [9.17, 15) is 9.59 Å². The van der Waals surface area contributed by atoms with Crippen molar-refractivity contribution in [1.82, 2.24) is 20.4 Å². The summed E-state index contributed by atoms with van der Waals surface area (Å²) in [4.78, 5) is 29.9. The Balaban J connectivity index is 1.92. The molecule has 2 heterocycles. The van der Waals surface area contributed by atoms with Crippen molar-refractivity contribution in [2.75, 3.05) is 53.0 Å². The first-order valence-corrected chi connectivity index (χ1v) is 10.6. The Morgan fingerprint density at radius 3 is 2.57 bits per heavy atom. The molecule has 30 heavy (non-hydrogen) atoms. The summed E-state index contributed by atoms with van der Waals surface area (Å²) in [7, 11) is 2.11. The van der Waals surface area contributed by atoms with Gasteiger partial charge in [0.25, 0.3) is 0 Å². The van der Waals surface area contributed by atoms with Crippen molar-refractivity contribution in [2.24, 2.45) is 0 Å². The number of carbonyl (C=O) groups excluding carboxylic acids is 2. The highest BCUT2D eigenvalue weighted by atomic mass is 16.5. The highest BCUT2D eigenvalue weighted by Crippen LogP contribution is 2.29. The number of likely N-dealkylation sites (N-methyl/N-ethyl adjacent to an activating group) is 1. The van der Waals surface area contributed by atoms with Gasteiger partial charge >= 0.3 is 12.0 Å². The van der Waals surface area contributed by atoms with E-state index in [1.807, 2.05) is 31.2 Å². The minimum Gasteiger partial charge on any atom is -0.494 e. The maximum atomic E-state index is 12.9. The Bertz CT molecular complexity index is 778. The van der Waals surface area contributed by atoms with Crippen LogP contribution in [0, 0.1) is 0 Å². The quantitative estimate of drug-likeness (QED) is 0.661. The smallest absolute Gasteiger partial charge is 0.338 e. The van der Waals surface area contributed by atoms with E-state index in [2.05, 4.69) is 27.5 Å². The van der Waals surface area contributed by atoms with Gasteiger partial charge in [-0.15, -0.1) is 0 Å². The third kappa shape index (κ3) is 5.52. The molecule has 164 valence electrons. The van der Waals surface area contributed by atoms with Crippen LogP contribution in [0.3, 0.4) is 0 Å². The Labute approximate surface area is 178 Å². The lowest BCUT2D eigenvalue weighted by atomic mass is 9.95. The molecule has 2 N–H and O–H groups in total. The molecule has 2 amide bonds. The molecule has 0 spiro atoms. The van der Waals surface area contributed by atoms with E-state index in [-0.39, 0.29) is 12.6 Å². The van der Waals surface area contributed by atoms with Crippen LogP contribution in [0.15, 0.2) is 35.5 Å². The Kier molecular flexibility index (Phi) is 7.70. The second-order valence-corrected chi connectivity index (χ2v) is 7.58. The van der Waals surface area contributed by atoms with Gasteiger partial charge in [0.15, 0.2) is 0 Å². The van der Waals surface area contributed by atoms with Gasteiger partial charge in [-0.25, -0.2) is 9.59 Å². The molecule has 1 aromatic rings. The maximum absolute atomic E-state index is 12.9. The van der Waals surface area contributed by atoms with Crippen molar-refractivity contribution in [3.63, 3.8) is 0 Å². The molecule has 1 aromatic carbocycles. The first kappa shape index (κ1) is 22.1. The topological polar surface area (TPSA) is 83.1 Å². The van der Waals surface area contributed by atoms with Crippen molar-refractivity contribution < 1.29 is 19.1 Å². The summed E-state index contributed by atoms with van der Waals surface area (Å²) in [5.41, 5.74) is 1.88. The number of ether oxygens (including phenoxy) is 2. The molecule has 1 saturated heterocycles. The molecule has 0 unspecified atom stereocenters. The number of rotatable bonds is 7. The van der Waals surface area contributed by atoms with Crippen LogP contribution in [-0.4, -0.2) is 74.8 Å². The number of amides is 2. The van der Waals surface area contributed by atoms with E-state index in [1.54, 1.807) is 6.92 Å². The third-order valence-corrected chi connectivity index (χ3v) is 5.37. The van der Waals surface area contributed by atoms with Crippen molar-refractivity contribution >= 4 is 12.0 Å². The van der Waals surface area contributed by atoms with Crippen LogP contribution in [0.4, 0.5) is 4.79 Å². The number of hydrogen-bond donors (Lipinski definition) is 2. The van der Waals surface area contributed by atoms with E-state index in [0.717, 1.165) is 43.9 Å². The van der Waals surface area contributed by atoms with Crippen LogP contribution >= 0.6 is 0 Å². The third-order valence-electron chi connectivity index (χ3n) is 5.37. The molecule has 0 radical (unpaired) electrons. The molecule has 8 nitrogen and oxygen atoms in total. The van der Waals surface area contributed by atoms with Gasteiger partial charge in [-0.3, -0.25) is 4.90 Å². The molecule has 1 fully saturated rings. The zero-order valence-electron chi connectivity index (χ0n) is 18.1. The zero-order chi connectivity index (χ0) is 21.5. The summed E-state index contributed by atoms with van der Waals surface area (Å²) in [5, 5.41) is 5.75. The standard InChI is InChI=1S/C22H32N4O4/c1-4-29-17-9-7-16(8-10-17)20-19(21(27)30-5-2)18(23-22(28)24-20)15-26-12-6-11-25(3)13-14-26/h7-10,20H,4-6,11-15H2,1-3H3,(H2,23,24,28)/t20-/m1/s1. The molecule has 0 bridgehead atoms. The average molecular weight is 417 g/mol. The van der Waals surface area contributed by atoms with Gasteiger partial charge < -0.3 is 25.0 Å². The second-order valence-electron chi connectivity index (χ2n) is 7.58. The number of esters is 1. The Morgan fingerprint density at radius 1 is 1.10 bits per heavy atom. The van der Waals surface area contributed by atoms with Gasteiger partial charge in [0, 0.05) is 25.3 Å². The molecule has 0 aliphatic carbocycles. The Morgan fingerprint density at radius 2 is 1.87 bits per heavy atom. The van der Waals surface area contributed by atoms with Crippen molar-refractivity contribution in [1.29, 1.82) is 0 Å². The summed E-state index contributed by atoms with van der Waals surface area (Å²) in [6.07, 6.45) is 1.05. The van der Waals surface area contributed by atoms with Crippen LogP contribution < -0.4 is 15.4 Å². The number of urea groups is 1. The lowest BCUT2D eigenvalue weighted by Crippen LogP contribution is -2.48. The molecular formula is C22H32N4O4. The van der Waals surface area contributed by atoms with Gasteiger partial charge in [0.1, 0.15) is 5.75 Å². The zero-order valence-corrected chi connectivity index (χ0v) is 18.1. The monoisotopic (exact) mass is 416 g/mol. The van der Waals surface area contributed by atoms with Crippen molar-refractivity contribution in [2.45, 2.75) is 26.3 Å². The SMILES string of the molecule is CCOC(=O)C1=C(CN2CCCN(C)CC2)NC(=O)N[C@@H]1c1ccc(OCC)cc1. The first-order chi connectivity index (χ1) is 14.5. The van der Waals surface area contributed by atoms with Gasteiger partial charge in [0.2, 0.25) is 0 Å². The summed E-state index contributed by atoms with van der Waals surface area (Å²) in [6, 6.07) is 6.56. The van der Waals surface area contributed by atoms with Crippen LogP contribution in [0.25, 0.3) is 0 Å². The predicted octanol–water partition coefficient (Wildman–Crippen LogP) is 1.89. The summed E-state index contributed by atoms with van der Waals surface area (Å²) in [6.45, 7) is 8.86. The normalized spacial score (nSPS) is 20.9. The van der Waals surface area contributed by atoms with E-state index in [1.165, 1.54) is 0 Å². The summed E-state index contributed by atoms with van der Waals surface area (Å²) < 4.78 is 10.9. The van der Waals surface area contributed by atoms with Gasteiger partial charge in [-0.1, -0.05) is 12.1 Å². The fraction of sp³-hybridized carbons (Fsp3) is 0.545. The molecule has 8 heteroatoms. The minimum atomic E-state index is -0.571. The molecule has 0 aromatic heterocycles. The molecule has 1 atom stereocenters. The second kappa shape index (κ2) is 10.4. The van der Waals surface area contributed by atoms with E-state index < -0.39 is 12.0 Å². The first-order valence-electron chi connectivity index (χ1n) is 10.6.